The second-order valence-electron chi connectivity index (χ2n) is 5.08. The zero-order valence-electron chi connectivity index (χ0n) is 10.2. The van der Waals surface area contributed by atoms with Crippen molar-refractivity contribution in [3.05, 3.63) is 10.2 Å². The molecule has 94 valence electrons. The lowest BCUT2D eigenvalue weighted by Crippen LogP contribution is -2.27. The first kappa shape index (κ1) is 11.5. The van der Waals surface area contributed by atoms with Gasteiger partial charge in [-0.25, -0.2) is 4.68 Å². The first-order chi connectivity index (χ1) is 8.27. The number of aromatic nitrogens is 2. The van der Waals surface area contributed by atoms with Gasteiger partial charge in [0, 0.05) is 12.5 Å². The molecule has 0 amide bonds. The van der Waals surface area contributed by atoms with Gasteiger partial charge in [0.2, 0.25) is 0 Å². The average Bonchev–Trinajstić information content (AvgIpc) is 2.70. The summed E-state index contributed by atoms with van der Waals surface area (Å²) >= 11 is 3.73. The summed E-state index contributed by atoms with van der Waals surface area (Å²) in [7, 11) is 0. The van der Waals surface area contributed by atoms with Gasteiger partial charge in [0.05, 0.1) is 16.2 Å². The van der Waals surface area contributed by atoms with Crippen molar-refractivity contribution in [2.75, 3.05) is 25.0 Å². The fourth-order valence-electron chi connectivity index (χ4n) is 2.79. The van der Waals surface area contributed by atoms with Gasteiger partial charge in [-0.2, -0.15) is 5.10 Å². The van der Waals surface area contributed by atoms with Crippen molar-refractivity contribution in [1.82, 2.24) is 15.1 Å². The summed E-state index contributed by atoms with van der Waals surface area (Å²) in [6.45, 7) is 5.53. The first-order valence-corrected chi connectivity index (χ1v) is 7.29. The summed E-state index contributed by atoms with van der Waals surface area (Å²) in [4.78, 5) is 0. The predicted molar refractivity (Wildman–Crippen MR) is 72.6 cm³/mol. The van der Waals surface area contributed by atoms with Crippen LogP contribution in [0.2, 0.25) is 0 Å². The summed E-state index contributed by atoms with van der Waals surface area (Å²) in [5.41, 5.74) is 1.25. The molecule has 1 aromatic heterocycles. The van der Waals surface area contributed by atoms with E-state index in [0.29, 0.717) is 12.0 Å². The summed E-state index contributed by atoms with van der Waals surface area (Å²) in [6, 6.07) is 0.512. The van der Waals surface area contributed by atoms with Crippen molar-refractivity contribution in [3.8, 4) is 0 Å². The summed E-state index contributed by atoms with van der Waals surface area (Å²) in [6.07, 6.45) is 3.56. The van der Waals surface area contributed by atoms with Gasteiger partial charge in [0.1, 0.15) is 5.82 Å². The lowest BCUT2D eigenvalue weighted by atomic mass is 9.95. The Balaban J connectivity index is 1.94. The van der Waals surface area contributed by atoms with E-state index in [9.17, 15) is 0 Å². The van der Waals surface area contributed by atoms with Crippen LogP contribution < -0.4 is 10.6 Å². The van der Waals surface area contributed by atoms with Crippen molar-refractivity contribution >= 4 is 21.7 Å². The van der Waals surface area contributed by atoms with Crippen LogP contribution >= 0.6 is 15.9 Å². The number of nitrogens with one attached hydrogen (secondary N) is 2. The van der Waals surface area contributed by atoms with Crippen molar-refractivity contribution < 1.29 is 0 Å². The molecule has 0 saturated carbocycles. The maximum atomic E-state index is 4.83. The topological polar surface area (TPSA) is 41.9 Å². The summed E-state index contributed by atoms with van der Waals surface area (Å²) < 4.78 is 3.35. The minimum absolute atomic E-state index is 0.512. The minimum atomic E-state index is 0.512. The zero-order chi connectivity index (χ0) is 11.8. The Bertz CT molecular complexity index is 409. The third-order valence-corrected chi connectivity index (χ3v) is 4.66. The standard InChI is InChI=1S/C12H19BrN4/c1-8-2-7-15-12-10(13)11(16-17(8)12)9-3-5-14-6-4-9/h8-9,14-15H,2-7H2,1H3. The average molecular weight is 299 g/mol. The van der Waals surface area contributed by atoms with E-state index >= 15 is 0 Å². The fourth-order valence-corrected chi connectivity index (χ4v) is 3.51. The second kappa shape index (κ2) is 4.61. The highest BCUT2D eigenvalue weighted by Crippen LogP contribution is 2.38. The number of anilines is 1. The van der Waals surface area contributed by atoms with Crippen LogP contribution in [0, 0.1) is 0 Å². The molecule has 0 aliphatic carbocycles. The largest absolute Gasteiger partial charge is 0.369 e. The number of halogens is 1. The molecular formula is C12H19BrN4. The van der Waals surface area contributed by atoms with Crippen LogP contribution in [0.4, 0.5) is 5.82 Å². The Morgan fingerprint density at radius 3 is 2.71 bits per heavy atom. The second-order valence-corrected chi connectivity index (χ2v) is 5.87. The van der Waals surface area contributed by atoms with Crippen LogP contribution in [0.25, 0.3) is 0 Å². The molecule has 0 spiro atoms. The Hall–Kier alpha value is -0.550. The molecule has 2 N–H and O–H groups in total. The lowest BCUT2D eigenvalue weighted by molar-refractivity contribution is 0.423. The molecular weight excluding hydrogens is 280 g/mol. The van der Waals surface area contributed by atoms with E-state index in [1.165, 1.54) is 28.8 Å². The third-order valence-electron chi connectivity index (χ3n) is 3.88. The third kappa shape index (κ3) is 1.99. The zero-order valence-corrected chi connectivity index (χ0v) is 11.8. The SMILES string of the molecule is CC1CCNc2c(Br)c(C3CCNCC3)nn21. The predicted octanol–water partition coefficient (Wildman–Crippen LogP) is 2.49. The molecule has 0 radical (unpaired) electrons. The number of fused-ring (bicyclic) bond motifs is 1. The van der Waals surface area contributed by atoms with Crippen LogP contribution in [0.3, 0.4) is 0 Å². The molecule has 1 aromatic rings. The number of nitrogens with zero attached hydrogens (tertiary/aromatic N) is 2. The van der Waals surface area contributed by atoms with Crippen molar-refractivity contribution in [2.24, 2.45) is 0 Å². The normalized spacial score (nSPS) is 25.4. The van der Waals surface area contributed by atoms with Crippen LogP contribution in [0.15, 0.2) is 4.47 Å². The Morgan fingerprint density at radius 2 is 2.00 bits per heavy atom. The fraction of sp³-hybridized carbons (Fsp3) is 0.750. The van der Waals surface area contributed by atoms with Gasteiger partial charge < -0.3 is 10.6 Å². The molecule has 4 nitrogen and oxygen atoms in total. The van der Waals surface area contributed by atoms with Crippen molar-refractivity contribution in [1.29, 1.82) is 0 Å². The van der Waals surface area contributed by atoms with Crippen LogP contribution in [-0.4, -0.2) is 29.4 Å². The Kier molecular flexibility index (Phi) is 3.13. The van der Waals surface area contributed by atoms with Crippen molar-refractivity contribution in [3.63, 3.8) is 0 Å². The van der Waals surface area contributed by atoms with Gasteiger partial charge in [-0.3, -0.25) is 0 Å². The van der Waals surface area contributed by atoms with E-state index in [2.05, 4.69) is 38.2 Å². The van der Waals surface area contributed by atoms with E-state index in [-0.39, 0.29) is 0 Å². The van der Waals surface area contributed by atoms with Gasteiger partial charge in [-0.15, -0.1) is 0 Å². The molecule has 2 aliphatic heterocycles. The smallest absolute Gasteiger partial charge is 0.139 e. The molecule has 0 aromatic carbocycles. The molecule has 0 bridgehead atoms. The maximum Gasteiger partial charge on any atom is 0.139 e. The van der Waals surface area contributed by atoms with E-state index in [0.717, 1.165) is 26.1 Å². The molecule has 3 heterocycles. The van der Waals surface area contributed by atoms with E-state index in [4.69, 9.17) is 5.10 Å². The molecule has 1 saturated heterocycles. The number of hydrogen-bond acceptors (Lipinski definition) is 3. The highest BCUT2D eigenvalue weighted by atomic mass is 79.9. The quantitative estimate of drug-likeness (QED) is 0.837. The van der Waals surface area contributed by atoms with Gasteiger partial charge in [0.25, 0.3) is 0 Å². The number of hydrogen-bond donors (Lipinski definition) is 2. The summed E-state index contributed by atoms with van der Waals surface area (Å²) in [5.74, 6) is 1.79. The van der Waals surface area contributed by atoms with Gasteiger partial charge >= 0.3 is 0 Å². The molecule has 5 heteroatoms. The molecule has 1 fully saturated rings. The van der Waals surface area contributed by atoms with E-state index in [1.54, 1.807) is 0 Å². The van der Waals surface area contributed by atoms with Gasteiger partial charge in [-0.1, -0.05) is 0 Å². The summed E-state index contributed by atoms with van der Waals surface area (Å²) in [5, 5.41) is 11.7. The van der Waals surface area contributed by atoms with E-state index in [1.807, 2.05) is 0 Å². The number of rotatable bonds is 1. The molecule has 2 aliphatic rings. The molecule has 1 unspecified atom stereocenters. The first-order valence-electron chi connectivity index (χ1n) is 6.50. The van der Waals surface area contributed by atoms with Crippen LogP contribution in [-0.2, 0) is 0 Å². The van der Waals surface area contributed by atoms with Gasteiger partial charge in [-0.05, 0) is 55.2 Å². The molecule has 3 rings (SSSR count). The Morgan fingerprint density at radius 1 is 1.24 bits per heavy atom. The number of piperidine rings is 1. The highest BCUT2D eigenvalue weighted by molar-refractivity contribution is 9.10. The highest BCUT2D eigenvalue weighted by Gasteiger charge is 2.27. The van der Waals surface area contributed by atoms with Crippen LogP contribution in [0.1, 0.15) is 43.8 Å². The minimum Gasteiger partial charge on any atom is -0.369 e. The lowest BCUT2D eigenvalue weighted by Gasteiger charge is -2.22. The molecule has 17 heavy (non-hydrogen) atoms. The van der Waals surface area contributed by atoms with E-state index < -0.39 is 0 Å². The van der Waals surface area contributed by atoms with Gasteiger partial charge in [0.15, 0.2) is 0 Å². The Labute approximate surface area is 110 Å². The molecule has 1 atom stereocenters. The maximum absolute atomic E-state index is 4.83. The van der Waals surface area contributed by atoms with Crippen molar-refractivity contribution in [2.45, 2.75) is 38.1 Å². The van der Waals surface area contributed by atoms with Crippen LogP contribution in [0.5, 0.6) is 0 Å². The monoisotopic (exact) mass is 298 g/mol.